The van der Waals surface area contributed by atoms with Gasteiger partial charge in [-0.2, -0.15) is 47.5 Å². The van der Waals surface area contributed by atoms with E-state index in [4.69, 9.17) is 17.2 Å². The van der Waals surface area contributed by atoms with Crippen LogP contribution in [0.2, 0.25) is 0 Å². The second kappa shape index (κ2) is 10.2. The maximum atomic E-state index is 5.14. The van der Waals surface area contributed by atoms with Crippen molar-refractivity contribution in [2.75, 3.05) is 0 Å². The van der Waals surface area contributed by atoms with Crippen LogP contribution in [0.1, 0.15) is 11.1 Å². The summed E-state index contributed by atoms with van der Waals surface area (Å²) in [5, 5.41) is 0. The first-order valence-electron chi connectivity index (χ1n) is 4.89. The molecule has 2 aromatic rings. The number of hydrogen-bond donors (Lipinski definition) is 0. The molecule has 2 rings (SSSR count). The van der Waals surface area contributed by atoms with Gasteiger partial charge in [0.05, 0.1) is 0 Å². The topological polar surface area (TPSA) is 0 Å². The molecule has 0 fully saturated rings. The van der Waals surface area contributed by atoms with Gasteiger partial charge in [0.25, 0.3) is 0 Å². The van der Waals surface area contributed by atoms with Crippen LogP contribution in [-0.2, 0) is 18.6 Å². The molecule has 2 aromatic carbocycles. The quantitative estimate of drug-likeness (QED) is 0.424. The average molecular weight is 422 g/mol. The molecule has 0 aliphatic heterocycles. The molecule has 3 heteroatoms. The molecule has 0 N–H and O–H groups in total. The molecule has 0 heterocycles. The van der Waals surface area contributed by atoms with E-state index in [-0.39, 0.29) is 0 Å². The van der Waals surface area contributed by atoms with E-state index >= 15 is 0 Å². The Labute approximate surface area is 113 Å². The third-order valence-electron chi connectivity index (χ3n) is 1.87. The van der Waals surface area contributed by atoms with Gasteiger partial charge in [-0.3, -0.25) is 0 Å². The molecule has 0 nitrogen and oxygen atoms in total. The molecule has 0 unspecified atom stereocenters. The van der Waals surface area contributed by atoms with Gasteiger partial charge in [-0.05, 0) is 0 Å². The van der Waals surface area contributed by atoms with E-state index in [2.05, 4.69) is 36.3 Å². The maximum absolute atomic E-state index is 5.14. The Bertz CT molecular complexity index is 337. The van der Waals surface area contributed by atoms with E-state index in [0.29, 0.717) is 0 Å². The molecule has 0 amide bonds. The number of hydrogen-bond acceptors (Lipinski definition) is 0. The van der Waals surface area contributed by atoms with Crippen LogP contribution >= 0.6 is 17.2 Å². The molecule has 0 radical (unpaired) electrons. The summed E-state index contributed by atoms with van der Waals surface area (Å²) < 4.78 is 3.38. The Morgan fingerprint density at radius 2 is 1.38 bits per heavy atom. The van der Waals surface area contributed by atoms with E-state index < -0.39 is 18.6 Å². The van der Waals surface area contributed by atoms with Gasteiger partial charge in [-0.15, -0.1) is 0 Å². The Balaban J connectivity index is 0.000000222. The monoisotopic (exact) mass is 422 g/mol. The summed E-state index contributed by atoms with van der Waals surface area (Å²) in [6, 6.07) is 16.3. The first-order valence-corrected chi connectivity index (χ1v) is 16.3. The number of halogens is 2. The molecule has 0 bridgehead atoms. The zero-order valence-corrected chi connectivity index (χ0v) is 14.7. The molecule has 0 aliphatic rings. The van der Waals surface area contributed by atoms with Crippen molar-refractivity contribution in [3.63, 3.8) is 0 Å². The van der Waals surface area contributed by atoms with Crippen molar-refractivity contribution in [2.24, 2.45) is 0 Å². The van der Waals surface area contributed by atoms with Crippen LogP contribution in [0, 0.1) is 13.8 Å². The third kappa shape index (κ3) is 10.5. The molecule has 0 saturated heterocycles. The Morgan fingerprint density at radius 1 is 1.00 bits per heavy atom. The Kier molecular flexibility index (Phi) is 10.2. The van der Waals surface area contributed by atoms with Crippen molar-refractivity contribution in [3.8, 4) is 0 Å². The summed E-state index contributed by atoms with van der Waals surface area (Å²) in [4.78, 5) is 0. The fraction of sp³-hybridized carbons (Fsp3) is 0.154. The SMILES string of the molecule is Cc1c[cH-]cc1C.[CH2]=[Hf]([Cl])[Cl].c1cc[cH-]c1. The fourth-order valence-electron chi connectivity index (χ4n) is 0.920. The van der Waals surface area contributed by atoms with Gasteiger partial charge in [-0.1, -0.05) is 13.8 Å². The summed E-state index contributed by atoms with van der Waals surface area (Å²) in [6.07, 6.45) is 0. The molecule has 0 atom stereocenters. The standard InChI is InChI=1S/C7H9.C5H5.CH2.2ClH.Hf/c1-6-4-3-5-7(6)2;1-2-4-5-3-1;;;;/h3-5H,1-2H3;1-5H;1H2;2*1H;/q2*-1;;;;+2/p-2. The van der Waals surface area contributed by atoms with Gasteiger partial charge in [0.1, 0.15) is 0 Å². The van der Waals surface area contributed by atoms with Crippen LogP contribution in [-0.4, -0.2) is 4.26 Å². The molecule has 0 spiro atoms. The first kappa shape index (κ1) is 16.0. The smallest absolute Gasteiger partial charge is 0.172 e. The molecule has 88 valence electrons. The molecule has 0 aliphatic carbocycles. The van der Waals surface area contributed by atoms with E-state index in [0.717, 1.165) is 0 Å². The second-order valence-corrected chi connectivity index (χ2v) is 14.7. The van der Waals surface area contributed by atoms with Crippen LogP contribution < -0.4 is 0 Å². The normalized spacial score (nSPS) is 8.25. The van der Waals surface area contributed by atoms with Crippen LogP contribution in [0.3, 0.4) is 0 Å². The van der Waals surface area contributed by atoms with E-state index in [1.54, 1.807) is 0 Å². The summed E-state index contributed by atoms with van der Waals surface area (Å²) in [5.41, 5.74) is 2.78. The molecular formula is C13H16Cl2Hf-2. The molecule has 16 heavy (non-hydrogen) atoms. The van der Waals surface area contributed by atoms with Crippen molar-refractivity contribution in [1.29, 1.82) is 0 Å². The predicted molar refractivity (Wildman–Crippen MR) is 72.4 cm³/mol. The van der Waals surface area contributed by atoms with E-state index in [1.807, 2.05) is 30.3 Å². The van der Waals surface area contributed by atoms with Gasteiger partial charge < -0.3 is 0 Å². The minimum absolute atomic E-state index is 1.39. The van der Waals surface area contributed by atoms with Gasteiger partial charge in [0.15, 0.2) is 0 Å². The minimum Gasteiger partial charge on any atom is -0.214 e. The van der Waals surface area contributed by atoms with Gasteiger partial charge in [0.2, 0.25) is 0 Å². The Morgan fingerprint density at radius 3 is 1.50 bits per heavy atom. The van der Waals surface area contributed by atoms with Crippen molar-refractivity contribution < 1.29 is 18.6 Å². The predicted octanol–water partition coefficient (Wildman–Crippen LogP) is 4.77. The van der Waals surface area contributed by atoms with Crippen molar-refractivity contribution >= 4 is 21.4 Å². The largest absolute Gasteiger partial charge is 0.214 e. The number of rotatable bonds is 0. The first-order chi connectivity index (χ1) is 7.54. The summed E-state index contributed by atoms with van der Waals surface area (Å²) in [5.74, 6) is 0. The van der Waals surface area contributed by atoms with Crippen LogP contribution in [0.5, 0.6) is 0 Å². The number of aryl methyl sites for hydroxylation is 2. The maximum Gasteiger partial charge on any atom is -0.172 e. The molecular weight excluding hydrogens is 406 g/mol. The summed E-state index contributed by atoms with van der Waals surface area (Å²) >= 11 is -1.96. The average Bonchev–Trinajstić information content (AvgIpc) is 2.81. The van der Waals surface area contributed by atoms with Crippen molar-refractivity contribution in [2.45, 2.75) is 13.8 Å². The van der Waals surface area contributed by atoms with Crippen LogP contribution in [0.25, 0.3) is 0 Å². The van der Waals surface area contributed by atoms with E-state index in [9.17, 15) is 0 Å². The fourth-order valence-corrected chi connectivity index (χ4v) is 0.920. The Hall–Kier alpha value is 0.0201. The second-order valence-electron chi connectivity index (χ2n) is 3.19. The van der Waals surface area contributed by atoms with Crippen molar-refractivity contribution in [3.05, 3.63) is 59.7 Å². The van der Waals surface area contributed by atoms with Crippen LogP contribution in [0.15, 0.2) is 48.5 Å². The zero-order valence-electron chi connectivity index (χ0n) is 9.58. The van der Waals surface area contributed by atoms with Gasteiger partial charge >= 0.3 is 40.0 Å². The van der Waals surface area contributed by atoms with Gasteiger partial charge in [-0.25, -0.2) is 12.1 Å². The van der Waals surface area contributed by atoms with Crippen LogP contribution in [0.4, 0.5) is 0 Å². The zero-order chi connectivity index (χ0) is 12.4. The molecule has 0 saturated carbocycles. The van der Waals surface area contributed by atoms with E-state index in [1.165, 1.54) is 11.1 Å². The third-order valence-corrected chi connectivity index (χ3v) is 1.87. The van der Waals surface area contributed by atoms with Gasteiger partial charge in [0, 0.05) is 0 Å². The summed E-state index contributed by atoms with van der Waals surface area (Å²) in [6.45, 7) is 4.24. The molecule has 0 aromatic heterocycles. The summed E-state index contributed by atoms with van der Waals surface area (Å²) in [7, 11) is 10.3. The minimum atomic E-state index is -1.96. The van der Waals surface area contributed by atoms with Crippen molar-refractivity contribution in [1.82, 2.24) is 0 Å².